The highest BCUT2D eigenvalue weighted by Gasteiger charge is 2.37. The van der Waals surface area contributed by atoms with Crippen LogP contribution in [0.25, 0.3) is 0 Å². The van der Waals surface area contributed by atoms with Gasteiger partial charge in [0.2, 0.25) is 11.8 Å². The number of hydrogen-bond donors (Lipinski definition) is 2. The predicted octanol–water partition coefficient (Wildman–Crippen LogP) is 2.36. The molecule has 3 rings (SSSR count). The highest BCUT2D eigenvalue weighted by molar-refractivity contribution is 8.01. The van der Waals surface area contributed by atoms with E-state index in [1.807, 2.05) is 37.4 Å². The molecule has 1 atom stereocenters. The fourth-order valence-electron chi connectivity index (χ4n) is 2.45. The molecule has 1 aromatic carbocycles. The molecule has 1 aromatic heterocycles. The Balaban J connectivity index is 1.51. The van der Waals surface area contributed by atoms with E-state index in [1.165, 1.54) is 17.3 Å². The minimum Gasteiger partial charge on any atom is -0.349 e. The molecule has 5 nitrogen and oxygen atoms in total. The maximum atomic E-state index is 12.3. The Labute approximate surface area is 155 Å². The van der Waals surface area contributed by atoms with Crippen molar-refractivity contribution in [2.24, 2.45) is 0 Å². The molecule has 2 N–H and O–H groups in total. The van der Waals surface area contributed by atoms with Gasteiger partial charge in [0.25, 0.3) is 0 Å². The molecule has 0 aliphatic carbocycles. The molecule has 1 fully saturated rings. The highest BCUT2D eigenvalue weighted by Crippen LogP contribution is 2.29. The van der Waals surface area contributed by atoms with Crippen LogP contribution in [0.4, 0.5) is 0 Å². The Kier molecular flexibility index (Phi) is 5.44. The molecule has 2 amide bonds. The second-order valence-corrected chi connectivity index (χ2v) is 9.05. The molecule has 0 radical (unpaired) electrons. The SMILES string of the molecule is CC1(C)SC[C@H](C(=O)NCc2csc(Cc3ccccc3)n2)NC1=O. The second-order valence-electron chi connectivity index (χ2n) is 6.46. The number of nitrogens with one attached hydrogen (secondary N) is 2. The van der Waals surface area contributed by atoms with E-state index in [2.05, 4.69) is 27.8 Å². The van der Waals surface area contributed by atoms with Gasteiger partial charge in [0, 0.05) is 17.6 Å². The molecule has 1 aliphatic heterocycles. The number of thiazole rings is 1. The number of thioether (sulfide) groups is 1. The van der Waals surface area contributed by atoms with Gasteiger partial charge in [0.05, 0.1) is 22.0 Å². The summed E-state index contributed by atoms with van der Waals surface area (Å²) in [6.45, 7) is 4.11. The lowest BCUT2D eigenvalue weighted by molar-refractivity contribution is -0.129. The lowest BCUT2D eigenvalue weighted by atomic mass is 10.1. The van der Waals surface area contributed by atoms with Crippen LogP contribution < -0.4 is 10.6 Å². The van der Waals surface area contributed by atoms with Crippen LogP contribution in [0.3, 0.4) is 0 Å². The number of benzene rings is 1. The molecule has 0 spiro atoms. The van der Waals surface area contributed by atoms with E-state index < -0.39 is 10.8 Å². The van der Waals surface area contributed by atoms with Crippen molar-refractivity contribution >= 4 is 34.9 Å². The first kappa shape index (κ1) is 17.9. The highest BCUT2D eigenvalue weighted by atomic mass is 32.2. The van der Waals surface area contributed by atoms with Crippen molar-refractivity contribution in [3.8, 4) is 0 Å². The predicted molar refractivity (Wildman–Crippen MR) is 102 cm³/mol. The van der Waals surface area contributed by atoms with Crippen LogP contribution in [0.2, 0.25) is 0 Å². The summed E-state index contributed by atoms with van der Waals surface area (Å²) in [7, 11) is 0. The summed E-state index contributed by atoms with van der Waals surface area (Å²) in [6.07, 6.45) is 0.795. The average Bonchev–Trinajstić information content (AvgIpc) is 3.03. The quantitative estimate of drug-likeness (QED) is 0.842. The number of rotatable bonds is 5. The van der Waals surface area contributed by atoms with E-state index >= 15 is 0 Å². The minimum absolute atomic E-state index is 0.0947. The lowest BCUT2D eigenvalue weighted by Crippen LogP contribution is -2.57. The van der Waals surface area contributed by atoms with Crippen LogP contribution >= 0.6 is 23.1 Å². The fourth-order valence-corrected chi connectivity index (χ4v) is 4.29. The maximum absolute atomic E-state index is 12.3. The zero-order valence-corrected chi connectivity index (χ0v) is 15.9. The molecule has 132 valence electrons. The number of nitrogens with zero attached hydrogens (tertiary/aromatic N) is 1. The van der Waals surface area contributed by atoms with Crippen molar-refractivity contribution in [3.63, 3.8) is 0 Å². The Bertz CT molecular complexity index is 759. The molecule has 2 aromatic rings. The third-order valence-electron chi connectivity index (χ3n) is 4.02. The summed E-state index contributed by atoms with van der Waals surface area (Å²) in [5, 5.41) is 8.66. The summed E-state index contributed by atoms with van der Waals surface area (Å²) in [5.74, 6) is 0.331. The summed E-state index contributed by atoms with van der Waals surface area (Å²) in [4.78, 5) is 28.8. The monoisotopic (exact) mass is 375 g/mol. The van der Waals surface area contributed by atoms with Crippen molar-refractivity contribution in [1.29, 1.82) is 0 Å². The maximum Gasteiger partial charge on any atom is 0.243 e. The number of carbonyl (C=O) groups is 2. The fraction of sp³-hybridized carbons (Fsp3) is 0.389. The van der Waals surface area contributed by atoms with E-state index in [4.69, 9.17) is 0 Å². The van der Waals surface area contributed by atoms with Crippen LogP contribution in [0.15, 0.2) is 35.7 Å². The van der Waals surface area contributed by atoms with Crippen LogP contribution in [-0.4, -0.2) is 33.3 Å². The molecule has 7 heteroatoms. The summed E-state index contributed by atoms with van der Waals surface area (Å²) in [5.41, 5.74) is 2.07. The summed E-state index contributed by atoms with van der Waals surface area (Å²) in [6, 6.07) is 9.70. The lowest BCUT2D eigenvalue weighted by Gasteiger charge is -2.32. The van der Waals surface area contributed by atoms with Crippen LogP contribution in [0, 0.1) is 0 Å². The third kappa shape index (κ3) is 4.61. The number of carbonyl (C=O) groups excluding carboxylic acids is 2. The second kappa shape index (κ2) is 7.58. The molecular formula is C18H21N3O2S2. The van der Waals surface area contributed by atoms with Gasteiger partial charge in [-0.25, -0.2) is 4.98 Å². The van der Waals surface area contributed by atoms with Gasteiger partial charge < -0.3 is 10.6 Å². The summed E-state index contributed by atoms with van der Waals surface area (Å²) >= 11 is 3.10. The number of hydrogen-bond acceptors (Lipinski definition) is 5. The van der Waals surface area contributed by atoms with Gasteiger partial charge in [0.1, 0.15) is 6.04 Å². The van der Waals surface area contributed by atoms with Crippen molar-refractivity contribution in [1.82, 2.24) is 15.6 Å². The van der Waals surface area contributed by atoms with E-state index in [9.17, 15) is 9.59 Å². The van der Waals surface area contributed by atoms with E-state index in [-0.39, 0.29) is 11.8 Å². The number of amides is 2. The van der Waals surface area contributed by atoms with E-state index in [0.717, 1.165) is 17.1 Å². The van der Waals surface area contributed by atoms with Crippen molar-refractivity contribution in [3.05, 3.63) is 52.0 Å². The third-order valence-corrected chi connectivity index (χ3v) is 6.33. The largest absolute Gasteiger partial charge is 0.349 e. The molecule has 0 saturated carbocycles. The molecule has 1 aliphatic rings. The van der Waals surface area contributed by atoms with Crippen molar-refractivity contribution in [2.45, 2.75) is 37.6 Å². The zero-order valence-electron chi connectivity index (χ0n) is 14.2. The van der Waals surface area contributed by atoms with E-state index in [0.29, 0.717) is 12.3 Å². The zero-order chi connectivity index (χ0) is 17.9. The summed E-state index contributed by atoms with van der Waals surface area (Å²) < 4.78 is -0.474. The first-order chi connectivity index (χ1) is 11.9. The van der Waals surface area contributed by atoms with Gasteiger partial charge in [0.15, 0.2) is 0 Å². The molecule has 0 unspecified atom stereocenters. The Morgan fingerprint density at radius 3 is 2.84 bits per heavy atom. The Morgan fingerprint density at radius 1 is 1.36 bits per heavy atom. The molecule has 0 bridgehead atoms. The molecule has 1 saturated heterocycles. The van der Waals surface area contributed by atoms with Gasteiger partial charge in [-0.1, -0.05) is 30.3 Å². The van der Waals surface area contributed by atoms with Crippen LogP contribution in [-0.2, 0) is 22.6 Å². The van der Waals surface area contributed by atoms with Gasteiger partial charge in [-0.2, -0.15) is 0 Å². The Hall–Kier alpha value is -1.86. The average molecular weight is 376 g/mol. The topological polar surface area (TPSA) is 71.1 Å². The van der Waals surface area contributed by atoms with Crippen molar-refractivity contribution < 1.29 is 9.59 Å². The van der Waals surface area contributed by atoms with Gasteiger partial charge >= 0.3 is 0 Å². The smallest absolute Gasteiger partial charge is 0.243 e. The normalized spacial score (nSPS) is 19.3. The number of aromatic nitrogens is 1. The van der Waals surface area contributed by atoms with Gasteiger partial charge in [-0.15, -0.1) is 23.1 Å². The molecule has 25 heavy (non-hydrogen) atoms. The first-order valence-corrected chi connectivity index (χ1v) is 10.0. The van der Waals surface area contributed by atoms with Crippen molar-refractivity contribution in [2.75, 3.05) is 5.75 Å². The molecular weight excluding hydrogens is 354 g/mol. The minimum atomic E-state index is -0.479. The van der Waals surface area contributed by atoms with E-state index in [1.54, 1.807) is 11.3 Å². The van der Waals surface area contributed by atoms with Crippen LogP contribution in [0.5, 0.6) is 0 Å². The Morgan fingerprint density at radius 2 is 2.12 bits per heavy atom. The first-order valence-electron chi connectivity index (χ1n) is 8.14. The van der Waals surface area contributed by atoms with Gasteiger partial charge in [-0.3, -0.25) is 9.59 Å². The van der Waals surface area contributed by atoms with Crippen LogP contribution in [0.1, 0.15) is 30.1 Å². The molecule has 2 heterocycles. The van der Waals surface area contributed by atoms with Gasteiger partial charge in [-0.05, 0) is 19.4 Å². The standard InChI is InChI=1S/C18H21N3O2S2/c1-18(2)17(23)21-14(11-25-18)16(22)19-9-13-10-24-15(20-13)8-12-6-4-3-5-7-12/h3-7,10,14H,8-9,11H2,1-2H3,(H,19,22)(H,21,23)/t14-/m1/s1.